The van der Waals surface area contributed by atoms with Gasteiger partial charge in [-0.2, -0.15) is 0 Å². The van der Waals surface area contributed by atoms with Crippen molar-refractivity contribution >= 4 is 23.6 Å². The van der Waals surface area contributed by atoms with Crippen molar-refractivity contribution in [2.45, 2.75) is 6.42 Å². The van der Waals surface area contributed by atoms with Crippen LogP contribution in [0.3, 0.4) is 0 Å². The van der Waals surface area contributed by atoms with Crippen LogP contribution in [-0.2, 0) is 19.2 Å². The summed E-state index contributed by atoms with van der Waals surface area (Å²) < 4.78 is 0. The van der Waals surface area contributed by atoms with Gasteiger partial charge in [-0.1, -0.05) is 25.3 Å². The van der Waals surface area contributed by atoms with E-state index in [0.29, 0.717) is 6.42 Å². The predicted octanol–water partition coefficient (Wildman–Crippen LogP) is -1.23. The van der Waals surface area contributed by atoms with Crippen molar-refractivity contribution < 1.29 is 19.2 Å². The molecule has 0 aromatic heterocycles. The van der Waals surface area contributed by atoms with Crippen LogP contribution in [0, 0.1) is 0 Å². The van der Waals surface area contributed by atoms with E-state index in [1.54, 1.807) is 12.2 Å². The van der Waals surface area contributed by atoms with Crippen molar-refractivity contribution in [1.29, 1.82) is 0 Å². The number of rotatable bonds is 6. The first kappa shape index (κ1) is 23.0. The fraction of sp³-hybridized carbons (Fsp3) is 0.0769. The van der Waals surface area contributed by atoms with Crippen molar-refractivity contribution in [3.05, 3.63) is 49.6 Å². The van der Waals surface area contributed by atoms with Crippen molar-refractivity contribution in [2.24, 2.45) is 22.9 Å². The number of hydrogen-bond acceptors (Lipinski definition) is 4. The van der Waals surface area contributed by atoms with Gasteiger partial charge in [0.2, 0.25) is 23.6 Å². The van der Waals surface area contributed by atoms with Crippen LogP contribution < -0.4 is 22.9 Å². The standard InChI is InChI=1S/C7H10N2O2.2C3H5NO/c8-6(10)4-2-1-3-5-7(9)11;2*1-2-3(4)5/h2-5H,1H2,(H2,8,10)(H2,9,11);2*2H,1H2,(H2,4,5). The Morgan fingerprint density at radius 2 is 0.905 bits per heavy atom. The summed E-state index contributed by atoms with van der Waals surface area (Å²) in [6.45, 7) is 6.17. The summed E-state index contributed by atoms with van der Waals surface area (Å²) in [5.74, 6) is -1.97. The van der Waals surface area contributed by atoms with E-state index in [9.17, 15) is 19.2 Å². The Morgan fingerprint density at radius 3 is 1.05 bits per heavy atom. The van der Waals surface area contributed by atoms with E-state index >= 15 is 0 Å². The fourth-order valence-electron chi connectivity index (χ4n) is 0.447. The zero-order valence-corrected chi connectivity index (χ0v) is 11.5. The maximum absolute atomic E-state index is 10.1. The van der Waals surface area contributed by atoms with Gasteiger partial charge in [0.05, 0.1) is 0 Å². The van der Waals surface area contributed by atoms with Crippen LogP contribution in [0.5, 0.6) is 0 Å². The Kier molecular flexibility index (Phi) is 18.4. The summed E-state index contributed by atoms with van der Waals surface area (Å²) in [4.78, 5) is 39.2. The number of hydrogen-bond donors (Lipinski definition) is 4. The molecule has 0 bridgehead atoms. The van der Waals surface area contributed by atoms with Gasteiger partial charge in [-0.25, -0.2) is 0 Å². The summed E-state index contributed by atoms with van der Waals surface area (Å²) in [5, 5.41) is 0. The lowest BCUT2D eigenvalue weighted by atomic mass is 10.3. The summed E-state index contributed by atoms with van der Waals surface area (Å²) in [5.41, 5.74) is 18.7. The molecule has 0 atom stereocenters. The number of carbonyl (C=O) groups is 4. The number of primary amides is 4. The van der Waals surface area contributed by atoms with E-state index in [0.717, 1.165) is 12.2 Å². The van der Waals surface area contributed by atoms with Crippen molar-refractivity contribution in [3.63, 3.8) is 0 Å². The number of allylic oxidation sites excluding steroid dienone is 2. The van der Waals surface area contributed by atoms with Crippen molar-refractivity contribution in [1.82, 2.24) is 0 Å². The molecule has 0 unspecified atom stereocenters. The Hall–Kier alpha value is -3.16. The van der Waals surface area contributed by atoms with Crippen LogP contribution in [0.1, 0.15) is 6.42 Å². The van der Waals surface area contributed by atoms with Gasteiger partial charge in [-0.15, -0.1) is 0 Å². The van der Waals surface area contributed by atoms with Crippen LogP contribution in [-0.4, -0.2) is 23.6 Å². The minimum atomic E-state index is -0.502. The zero-order chi connectivity index (χ0) is 17.3. The van der Waals surface area contributed by atoms with E-state index in [2.05, 4.69) is 24.6 Å². The Morgan fingerprint density at radius 1 is 0.667 bits per heavy atom. The first-order chi connectivity index (χ1) is 9.67. The Bertz CT molecular complexity index is 399. The minimum Gasteiger partial charge on any atom is -0.366 e. The molecule has 0 spiro atoms. The summed E-state index contributed by atoms with van der Waals surface area (Å²) in [6, 6.07) is 0. The molecule has 4 amide bonds. The van der Waals surface area contributed by atoms with Crippen LogP contribution in [0.15, 0.2) is 49.6 Å². The lowest BCUT2D eigenvalue weighted by Crippen LogP contribution is -2.05. The maximum atomic E-state index is 10.1. The predicted molar refractivity (Wildman–Crippen MR) is 80.1 cm³/mol. The first-order valence-corrected chi connectivity index (χ1v) is 5.43. The van der Waals surface area contributed by atoms with Gasteiger partial charge in [0.25, 0.3) is 0 Å². The topological polar surface area (TPSA) is 172 Å². The van der Waals surface area contributed by atoms with E-state index in [4.69, 9.17) is 11.5 Å². The molecule has 0 heterocycles. The van der Waals surface area contributed by atoms with Gasteiger partial charge in [0.1, 0.15) is 0 Å². The molecule has 8 heteroatoms. The van der Waals surface area contributed by atoms with Gasteiger partial charge in [-0.3, -0.25) is 19.2 Å². The van der Waals surface area contributed by atoms with E-state index < -0.39 is 23.6 Å². The van der Waals surface area contributed by atoms with Gasteiger partial charge in [0, 0.05) is 0 Å². The molecule has 8 N–H and O–H groups in total. The molecular formula is C13H20N4O4. The van der Waals surface area contributed by atoms with Crippen LogP contribution >= 0.6 is 0 Å². The highest BCUT2D eigenvalue weighted by atomic mass is 16.2. The smallest absolute Gasteiger partial charge is 0.241 e. The summed E-state index contributed by atoms with van der Waals surface area (Å²) >= 11 is 0. The quantitative estimate of drug-likeness (QED) is 0.450. The fourth-order valence-corrected chi connectivity index (χ4v) is 0.447. The third kappa shape index (κ3) is 47.5. The first-order valence-electron chi connectivity index (χ1n) is 5.43. The molecule has 0 aliphatic carbocycles. The highest BCUT2D eigenvalue weighted by Crippen LogP contribution is 1.84. The molecular weight excluding hydrogens is 276 g/mol. The van der Waals surface area contributed by atoms with E-state index in [1.165, 1.54) is 12.2 Å². The van der Waals surface area contributed by atoms with Crippen LogP contribution in [0.25, 0.3) is 0 Å². The lowest BCUT2D eigenvalue weighted by molar-refractivity contribution is -0.114. The molecule has 21 heavy (non-hydrogen) atoms. The molecule has 0 fully saturated rings. The molecule has 116 valence electrons. The number of nitrogens with two attached hydrogens (primary N) is 4. The largest absolute Gasteiger partial charge is 0.366 e. The molecule has 8 nitrogen and oxygen atoms in total. The Labute approximate surface area is 122 Å². The summed E-state index contributed by atoms with van der Waals surface area (Å²) in [7, 11) is 0. The highest BCUT2D eigenvalue weighted by Gasteiger charge is 1.81. The molecule has 0 aliphatic heterocycles. The third-order valence-corrected chi connectivity index (χ3v) is 1.24. The zero-order valence-electron chi connectivity index (χ0n) is 11.5. The van der Waals surface area contributed by atoms with Gasteiger partial charge in [-0.05, 0) is 30.7 Å². The molecule has 0 saturated carbocycles. The van der Waals surface area contributed by atoms with E-state index in [-0.39, 0.29) is 0 Å². The average molecular weight is 296 g/mol. The molecule has 0 rings (SSSR count). The minimum absolute atomic E-state index is 0.478. The van der Waals surface area contributed by atoms with Crippen LogP contribution in [0.2, 0.25) is 0 Å². The van der Waals surface area contributed by atoms with Gasteiger partial charge < -0.3 is 22.9 Å². The van der Waals surface area contributed by atoms with Crippen molar-refractivity contribution in [2.75, 3.05) is 0 Å². The normalized spacial score (nSPS) is 8.76. The van der Waals surface area contributed by atoms with Crippen molar-refractivity contribution in [3.8, 4) is 0 Å². The summed E-state index contributed by atoms with van der Waals surface area (Å²) in [6.07, 6.45) is 8.13. The van der Waals surface area contributed by atoms with E-state index in [1.807, 2.05) is 0 Å². The average Bonchev–Trinajstić information content (AvgIpc) is 2.38. The second kappa shape index (κ2) is 16.8. The molecule has 0 aliphatic rings. The molecule has 0 radical (unpaired) electrons. The molecule has 0 aromatic rings. The van der Waals surface area contributed by atoms with Gasteiger partial charge in [0.15, 0.2) is 0 Å². The third-order valence-electron chi connectivity index (χ3n) is 1.24. The second-order valence-corrected chi connectivity index (χ2v) is 3.06. The maximum Gasteiger partial charge on any atom is 0.241 e. The second-order valence-electron chi connectivity index (χ2n) is 3.06. The lowest BCUT2D eigenvalue weighted by Gasteiger charge is -1.80. The molecule has 0 saturated heterocycles. The van der Waals surface area contributed by atoms with Crippen LogP contribution in [0.4, 0.5) is 0 Å². The highest BCUT2D eigenvalue weighted by molar-refractivity contribution is 5.86. The number of amides is 4. The SMILES string of the molecule is C=CC(N)=O.C=CC(N)=O.NC(=O)C=CCC=CC(N)=O. The van der Waals surface area contributed by atoms with Gasteiger partial charge >= 0.3 is 0 Å². The number of carbonyl (C=O) groups excluding carboxylic acids is 4. The Balaban J connectivity index is -0.000000270. The monoisotopic (exact) mass is 296 g/mol. The molecule has 0 aromatic carbocycles.